The summed E-state index contributed by atoms with van der Waals surface area (Å²) in [6.45, 7) is 7.80. The molecule has 2 aliphatic rings. The van der Waals surface area contributed by atoms with Crippen LogP contribution in [0.2, 0.25) is 0 Å². The van der Waals surface area contributed by atoms with E-state index in [1.807, 2.05) is 22.9 Å². The summed E-state index contributed by atoms with van der Waals surface area (Å²) in [5.74, 6) is 0.0428. The molecule has 0 radical (unpaired) electrons. The average Bonchev–Trinajstić information content (AvgIpc) is 3.21. The van der Waals surface area contributed by atoms with Crippen molar-refractivity contribution in [1.29, 1.82) is 0 Å². The molecular weight excluding hydrogens is 400 g/mol. The largest absolute Gasteiger partial charge is 0.343 e. The lowest BCUT2D eigenvalue weighted by Crippen LogP contribution is -2.46. The number of piperazine rings is 1. The summed E-state index contributed by atoms with van der Waals surface area (Å²) in [5.41, 5.74) is 2.42. The Kier molecular flexibility index (Phi) is 7.55. The van der Waals surface area contributed by atoms with Crippen molar-refractivity contribution in [2.24, 2.45) is 0 Å². The molecule has 2 aliphatic heterocycles. The zero-order valence-corrected chi connectivity index (χ0v) is 19.1. The van der Waals surface area contributed by atoms with Gasteiger partial charge in [0.05, 0.1) is 0 Å². The van der Waals surface area contributed by atoms with Gasteiger partial charge in [0.2, 0.25) is 0 Å². The second kappa shape index (κ2) is 10.7. The summed E-state index contributed by atoms with van der Waals surface area (Å²) in [7, 11) is 1.78. The number of Topliss-reactive ketones (excluding diaryl/α,β-unsaturated/α-hetero) is 1. The van der Waals surface area contributed by atoms with Crippen molar-refractivity contribution in [3.05, 3.63) is 65.5 Å². The second-order valence-electron chi connectivity index (χ2n) is 8.83. The van der Waals surface area contributed by atoms with Gasteiger partial charge in [-0.05, 0) is 31.0 Å². The summed E-state index contributed by atoms with van der Waals surface area (Å²) < 4.78 is 1.98. The molecule has 1 amide bonds. The number of aryl methyl sites for hydroxylation is 1. The van der Waals surface area contributed by atoms with E-state index in [-0.39, 0.29) is 11.7 Å². The molecule has 2 aromatic rings. The minimum absolute atomic E-state index is 0.0340. The molecule has 6 heteroatoms. The van der Waals surface area contributed by atoms with E-state index in [2.05, 4.69) is 46.2 Å². The van der Waals surface area contributed by atoms with Gasteiger partial charge in [0.15, 0.2) is 5.78 Å². The molecule has 1 saturated heterocycles. The molecule has 32 heavy (non-hydrogen) atoms. The lowest BCUT2D eigenvalue weighted by atomic mass is 10.1. The molecule has 6 nitrogen and oxygen atoms in total. The Morgan fingerprint density at radius 1 is 0.875 bits per heavy atom. The first kappa shape index (κ1) is 22.5. The molecule has 0 spiro atoms. The van der Waals surface area contributed by atoms with Crippen LogP contribution in [0.5, 0.6) is 0 Å². The first-order valence-electron chi connectivity index (χ1n) is 11.8. The predicted molar refractivity (Wildman–Crippen MR) is 128 cm³/mol. The Bertz CT molecular complexity index is 942. The number of unbranched alkanes of at least 4 members (excludes halogenated alkanes) is 1. The topological polar surface area (TPSA) is 48.8 Å². The van der Waals surface area contributed by atoms with Crippen LogP contribution in [-0.2, 0) is 6.54 Å². The van der Waals surface area contributed by atoms with Crippen molar-refractivity contribution in [3.8, 4) is 0 Å². The fourth-order valence-corrected chi connectivity index (χ4v) is 4.52. The SMILES string of the molecule is CN1CCC(=O)c2ccn(CCCCN3CCN(CC=Cc4ccccc4)CC3)c2C1=O. The number of hydrogen-bond donors (Lipinski definition) is 0. The van der Waals surface area contributed by atoms with Crippen LogP contribution in [0.3, 0.4) is 0 Å². The molecule has 0 atom stereocenters. The highest BCUT2D eigenvalue weighted by Gasteiger charge is 2.28. The molecule has 4 rings (SSSR count). The van der Waals surface area contributed by atoms with Crippen molar-refractivity contribution < 1.29 is 9.59 Å². The van der Waals surface area contributed by atoms with Crippen LogP contribution >= 0.6 is 0 Å². The highest BCUT2D eigenvalue weighted by molar-refractivity contribution is 6.08. The Balaban J connectivity index is 1.17. The third kappa shape index (κ3) is 5.56. The van der Waals surface area contributed by atoms with Crippen molar-refractivity contribution >= 4 is 17.8 Å². The number of amides is 1. The van der Waals surface area contributed by atoms with Gasteiger partial charge < -0.3 is 14.4 Å². The molecule has 170 valence electrons. The smallest absolute Gasteiger partial charge is 0.270 e. The number of carbonyl (C=O) groups excluding carboxylic acids is 2. The molecular formula is C26H34N4O2. The van der Waals surface area contributed by atoms with Crippen molar-refractivity contribution in [1.82, 2.24) is 19.3 Å². The normalized spacial score (nSPS) is 18.3. The van der Waals surface area contributed by atoms with E-state index in [4.69, 9.17) is 0 Å². The van der Waals surface area contributed by atoms with Crippen LogP contribution in [0.25, 0.3) is 6.08 Å². The number of carbonyl (C=O) groups is 2. The van der Waals surface area contributed by atoms with Gasteiger partial charge in [-0.25, -0.2) is 0 Å². The van der Waals surface area contributed by atoms with Gasteiger partial charge in [-0.2, -0.15) is 0 Å². The Morgan fingerprint density at radius 3 is 2.38 bits per heavy atom. The number of nitrogens with zero attached hydrogens (tertiary/aromatic N) is 4. The third-order valence-electron chi connectivity index (χ3n) is 6.55. The third-order valence-corrected chi connectivity index (χ3v) is 6.55. The van der Waals surface area contributed by atoms with Crippen LogP contribution in [0, 0.1) is 0 Å². The molecule has 0 saturated carbocycles. The molecule has 1 aromatic heterocycles. The van der Waals surface area contributed by atoms with E-state index < -0.39 is 0 Å². The van der Waals surface area contributed by atoms with E-state index in [1.54, 1.807) is 11.9 Å². The minimum Gasteiger partial charge on any atom is -0.343 e. The van der Waals surface area contributed by atoms with Crippen LogP contribution < -0.4 is 0 Å². The summed E-state index contributed by atoms with van der Waals surface area (Å²) in [4.78, 5) is 31.7. The zero-order chi connectivity index (χ0) is 22.3. The fraction of sp³-hybridized carbons (Fsp3) is 0.462. The van der Waals surface area contributed by atoms with E-state index in [0.717, 1.165) is 58.7 Å². The number of ketones is 1. The summed E-state index contributed by atoms with van der Waals surface area (Å²) in [6, 6.07) is 12.3. The molecule has 0 bridgehead atoms. The average molecular weight is 435 g/mol. The van der Waals surface area contributed by atoms with Gasteiger partial charge in [-0.3, -0.25) is 14.5 Å². The maximum Gasteiger partial charge on any atom is 0.270 e. The first-order valence-corrected chi connectivity index (χ1v) is 11.8. The lowest BCUT2D eigenvalue weighted by molar-refractivity contribution is 0.0787. The van der Waals surface area contributed by atoms with Gasteiger partial charge in [-0.15, -0.1) is 0 Å². The van der Waals surface area contributed by atoms with Gasteiger partial charge in [0, 0.05) is 71.0 Å². The van der Waals surface area contributed by atoms with E-state index in [9.17, 15) is 9.59 Å². The van der Waals surface area contributed by atoms with E-state index in [1.165, 1.54) is 5.56 Å². The molecule has 0 aliphatic carbocycles. The maximum atomic E-state index is 12.7. The molecule has 1 fully saturated rings. The van der Waals surface area contributed by atoms with Crippen LogP contribution in [0.4, 0.5) is 0 Å². The highest BCUT2D eigenvalue weighted by atomic mass is 16.2. The van der Waals surface area contributed by atoms with Crippen LogP contribution in [0.15, 0.2) is 48.7 Å². The summed E-state index contributed by atoms with van der Waals surface area (Å²) in [6.07, 6.45) is 8.87. The van der Waals surface area contributed by atoms with Gasteiger partial charge in [-0.1, -0.05) is 42.5 Å². The lowest BCUT2D eigenvalue weighted by Gasteiger charge is -2.34. The molecule has 0 unspecified atom stereocenters. The zero-order valence-electron chi connectivity index (χ0n) is 19.1. The summed E-state index contributed by atoms with van der Waals surface area (Å²) >= 11 is 0. The number of aromatic nitrogens is 1. The van der Waals surface area contributed by atoms with Crippen LogP contribution in [0.1, 0.15) is 45.7 Å². The first-order chi connectivity index (χ1) is 15.6. The predicted octanol–water partition coefficient (Wildman–Crippen LogP) is 3.26. The Labute approximate surface area is 191 Å². The van der Waals surface area contributed by atoms with Crippen LogP contribution in [-0.4, -0.2) is 83.8 Å². The van der Waals surface area contributed by atoms with Crippen molar-refractivity contribution in [2.75, 3.05) is 52.9 Å². The number of fused-ring (bicyclic) bond motifs is 1. The highest BCUT2D eigenvalue weighted by Crippen LogP contribution is 2.20. The Morgan fingerprint density at radius 2 is 1.59 bits per heavy atom. The van der Waals surface area contributed by atoms with E-state index >= 15 is 0 Å². The Hall–Kier alpha value is -2.70. The number of rotatable bonds is 8. The summed E-state index contributed by atoms with van der Waals surface area (Å²) in [5, 5.41) is 0. The molecule has 0 N–H and O–H groups in total. The molecule has 1 aromatic carbocycles. The maximum absolute atomic E-state index is 12.7. The van der Waals surface area contributed by atoms with Crippen molar-refractivity contribution in [2.45, 2.75) is 25.8 Å². The second-order valence-corrected chi connectivity index (χ2v) is 8.83. The quantitative estimate of drug-likeness (QED) is 0.599. The standard InChI is InChI=1S/C26H34N4O2/c1-27-16-12-24(31)23-11-17-30(25(23)26(27)32)15-6-5-13-28-18-20-29(21-19-28)14-7-10-22-8-3-2-4-9-22/h2-4,7-11,17H,5-6,12-16,18-21H2,1H3. The minimum atomic E-state index is -0.0340. The van der Waals surface area contributed by atoms with Gasteiger partial charge in [0.1, 0.15) is 5.69 Å². The van der Waals surface area contributed by atoms with E-state index in [0.29, 0.717) is 24.2 Å². The van der Waals surface area contributed by atoms with Crippen molar-refractivity contribution in [3.63, 3.8) is 0 Å². The number of hydrogen-bond acceptors (Lipinski definition) is 4. The number of benzene rings is 1. The fourth-order valence-electron chi connectivity index (χ4n) is 4.52. The molecule has 3 heterocycles. The van der Waals surface area contributed by atoms with Gasteiger partial charge >= 0.3 is 0 Å². The van der Waals surface area contributed by atoms with Gasteiger partial charge in [0.25, 0.3) is 5.91 Å². The monoisotopic (exact) mass is 434 g/mol.